The zero-order chi connectivity index (χ0) is 17.1. The van der Waals surface area contributed by atoms with Crippen molar-refractivity contribution in [3.63, 3.8) is 0 Å². The van der Waals surface area contributed by atoms with Crippen molar-refractivity contribution in [1.29, 1.82) is 0 Å². The summed E-state index contributed by atoms with van der Waals surface area (Å²) in [6.07, 6.45) is 1.73. The molecular formula is C18H17ClN4O. The van der Waals surface area contributed by atoms with E-state index in [2.05, 4.69) is 15.6 Å². The molecular weight excluding hydrogens is 324 g/mol. The summed E-state index contributed by atoms with van der Waals surface area (Å²) in [5, 5.41) is 6.10. The standard InChI is InChI=1S/C18H17ClN4O/c1-12-8-9-14(10-15(12)19)21-18(24)22-17-20-11-16(23(17)2)13-6-4-3-5-7-13/h3-11H,1-2H3,(H2,20,21,22,24). The summed E-state index contributed by atoms with van der Waals surface area (Å²) in [7, 11) is 1.85. The predicted molar refractivity (Wildman–Crippen MR) is 97.5 cm³/mol. The largest absolute Gasteiger partial charge is 0.326 e. The highest BCUT2D eigenvalue weighted by molar-refractivity contribution is 6.31. The molecule has 0 atom stereocenters. The van der Waals surface area contributed by atoms with Gasteiger partial charge >= 0.3 is 6.03 Å². The molecule has 0 bridgehead atoms. The maximum Gasteiger partial charge on any atom is 0.326 e. The molecule has 122 valence electrons. The van der Waals surface area contributed by atoms with Gasteiger partial charge in [0.25, 0.3) is 0 Å². The molecule has 1 aromatic heterocycles. The van der Waals surface area contributed by atoms with Crippen molar-refractivity contribution in [2.45, 2.75) is 6.92 Å². The quantitative estimate of drug-likeness (QED) is 0.726. The summed E-state index contributed by atoms with van der Waals surface area (Å²) in [4.78, 5) is 16.4. The van der Waals surface area contributed by atoms with E-state index in [1.54, 1.807) is 18.3 Å². The number of rotatable bonds is 3. The van der Waals surface area contributed by atoms with E-state index in [1.165, 1.54) is 0 Å². The number of anilines is 2. The molecule has 0 saturated carbocycles. The lowest BCUT2D eigenvalue weighted by molar-refractivity contribution is 0.262. The summed E-state index contributed by atoms with van der Waals surface area (Å²) in [5.41, 5.74) is 3.54. The molecule has 0 saturated heterocycles. The molecule has 0 aliphatic heterocycles. The summed E-state index contributed by atoms with van der Waals surface area (Å²) >= 11 is 6.07. The number of aromatic nitrogens is 2. The molecule has 3 rings (SSSR count). The number of hydrogen-bond donors (Lipinski definition) is 2. The zero-order valence-corrected chi connectivity index (χ0v) is 14.1. The molecule has 0 radical (unpaired) electrons. The highest BCUT2D eigenvalue weighted by atomic mass is 35.5. The lowest BCUT2D eigenvalue weighted by Crippen LogP contribution is -2.21. The monoisotopic (exact) mass is 340 g/mol. The van der Waals surface area contributed by atoms with Gasteiger partial charge in [0.15, 0.2) is 0 Å². The van der Waals surface area contributed by atoms with Crippen molar-refractivity contribution in [3.05, 3.63) is 65.3 Å². The molecule has 2 amide bonds. The first-order valence-electron chi connectivity index (χ1n) is 7.46. The Morgan fingerprint density at radius 3 is 2.58 bits per heavy atom. The van der Waals surface area contributed by atoms with Crippen LogP contribution in [0.2, 0.25) is 5.02 Å². The topological polar surface area (TPSA) is 59.0 Å². The Morgan fingerprint density at radius 1 is 1.12 bits per heavy atom. The molecule has 3 aromatic rings. The summed E-state index contributed by atoms with van der Waals surface area (Å²) in [5.74, 6) is 0.463. The summed E-state index contributed by atoms with van der Waals surface area (Å²) < 4.78 is 1.83. The van der Waals surface area contributed by atoms with Crippen LogP contribution >= 0.6 is 11.6 Å². The molecule has 0 spiro atoms. The lowest BCUT2D eigenvalue weighted by atomic mass is 10.2. The van der Waals surface area contributed by atoms with Crippen LogP contribution in [0.1, 0.15) is 5.56 Å². The van der Waals surface area contributed by atoms with Crippen LogP contribution in [-0.2, 0) is 7.05 Å². The van der Waals surface area contributed by atoms with E-state index in [-0.39, 0.29) is 6.03 Å². The maximum atomic E-state index is 12.2. The number of amides is 2. The Kier molecular flexibility index (Phi) is 4.53. The molecule has 0 aliphatic carbocycles. The number of urea groups is 1. The molecule has 0 aliphatic rings. The normalized spacial score (nSPS) is 10.5. The van der Waals surface area contributed by atoms with Crippen LogP contribution in [0.25, 0.3) is 11.3 Å². The van der Waals surface area contributed by atoms with Crippen LogP contribution in [0.5, 0.6) is 0 Å². The van der Waals surface area contributed by atoms with Gasteiger partial charge in [-0.2, -0.15) is 0 Å². The van der Waals surface area contributed by atoms with Gasteiger partial charge in [0.1, 0.15) is 0 Å². The molecule has 2 aromatic carbocycles. The average Bonchev–Trinajstić information content (AvgIpc) is 2.92. The highest BCUT2D eigenvalue weighted by Gasteiger charge is 2.11. The van der Waals surface area contributed by atoms with Crippen LogP contribution in [0, 0.1) is 6.92 Å². The Labute approximate surface area is 145 Å². The fraction of sp³-hybridized carbons (Fsp3) is 0.111. The highest BCUT2D eigenvalue weighted by Crippen LogP contribution is 2.22. The Bertz CT molecular complexity index is 874. The number of carbonyl (C=O) groups excluding carboxylic acids is 1. The van der Waals surface area contributed by atoms with Crippen LogP contribution in [-0.4, -0.2) is 15.6 Å². The van der Waals surface area contributed by atoms with Gasteiger partial charge in [0, 0.05) is 17.8 Å². The molecule has 0 fully saturated rings. The van der Waals surface area contributed by atoms with Gasteiger partial charge in [-0.3, -0.25) is 5.32 Å². The van der Waals surface area contributed by atoms with E-state index in [1.807, 2.05) is 54.9 Å². The van der Waals surface area contributed by atoms with Crippen LogP contribution in [0.4, 0.5) is 16.4 Å². The minimum Gasteiger partial charge on any atom is -0.313 e. The fourth-order valence-corrected chi connectivity index (χ4v) is 2.52. The second-order valence-corrected chi connectivity index (χ2v) is 5.84. The number of nitrogens with zero attached hydrogens (tertiary/aromatic N) is 2. The van der Waals surface area contributed by atoms with Crippen LogP contribution in [0.15, 0.2) is 54.7 Å². The third-order valence-electron chi connectivity index (χ3n) is 3.71. The van der Waals surface area contributed by atoms with E-state index < -0.39 is 0 Å². The second kappa shape index (κ2) is 6.76. The third kappa shape index (κ3) is 3.41. The van der Waals surface area contributed by atoms with Gasteiger partial charge in [-0.25, -0.2) is 9.78 Å². The number of hydrogen-bond acceptors (Lipinski definition) is 2. The molecule has 6 heteroatoms. The van der Waals surface area contributed by atoms with E-state index >= 15 is 0 Å². The Balaban J connectivity index is 1.73. The smallest absolute Gasteiger partial charge is 0.313 e. The van der Waals surface area contributed by atoms with Gasteiger partial charge in [0.2, 0.25) is 5.95 Å². The van der Waals surface area contributed by atoms with Crippen molar-refractivity contribution in [3.8, 4) is 11.3 Å². The van der Waals surface area contributed by atoms with Crippen molar-refractivity contribution >= 4 is 29.3 Å². The van der Waals surface area contributed by atoms with Gasteiger partial charge < -0.3 is 9.88 Å². The van der Waals surface area contributed by atoms with Crippen LogP contribution in [0.3, 0.4) is 0 Å². The molecule has 2 N–H and O–H groups in total. The number of benzene rings is 2. The Morgan fingerprint density at radius 2 is 1.88 bits per heavy atom. The Hall–Kier alpha value is -2.79. The van der Waals surface area contributed by atoms with Crippen molar-refractivity contribution in [2.75, 3.05) is 10.6 Å². The number of halogens is 1. The molecule has 0 unspecified atom stereocenters. The van der Waals surface area contributed by atoms with Crippen molar-refractivity contribution in [2.24, 2.45) is 7.05 Å². The second-order valence-electron chi connectivity index (χ2n) is 5.44. The van der Waals surface area contributed by atoms with Gasteiger partial charge in [-0.1, -0.05) is 48.0 Å². The van der Waals surface area contributed by atoms with E-state index in [9.17, 15) is 4.79 Å². The van der Waals surface area contributed by atoms with Gasteiger partial charge in [-0.05, 0) is 30.2 Å². The van der Waals surface area contributed by atoms with Crippen molar-refractivity contribution in [1.82, 2.24) is 9.55 Å². The average molecular weight is 341 g/mol. The van der Waals surface area contributed by atoms with Crippen molar-refractivity contribution < 1.29 is 4.79 Å². The van der Waals surface area contributed by atoms with Crippen LogP contribution < -0.4 is 10.6 Å². The lowest BCUT2D eigenvalue weighted by Gasteiger charge is -2.09. The first-order valence-corrected chi connectivity index (χ1v) is 7.83. The minimum absolute atomic E-state index is 0.372. The third-order valence-corrected chi connectivity index (χ3v) is 4.12. The summed E-state index contributed by atoms with van der Waals surface area (Å²) in [6, 6.07) is 14.9. The van der Waals surface area contributed by atoms with Gasteiger partial charge in [0.05, 0.1) is 11.9 Å². The maximum absolute atomic E-state index is 12.2. The summed E-state index contributed by atoms with van der Waals surface area (Å²) in [6.45, 7) is 1.91. The van der Waals surface area contributed by atoms with E-state index in [0.29, 0.717) is 16.7 Å². The minimum atomic E-state index is -0.372. The molecule has 24 heavy (non-hydrogen) atoms. The number of imidazole rings is 1. The SMILES string of the molecule is Cc1ccc(NC(=O)Nc2ncc(-c3ccccc3)n2C)cc1Cl. The number of nitrogens with one attached hydrogen (secondary N) is 2. The van der Waals surface area contributed by atoms with Gasteiger partial charge in [-0.15, -0.1) is 0 Å². The first-order chi connectivity index (χ1) is 11.5. The number of aryl methyl sites for hydroxylation is 1. The number of carbonyl (C=O) groups is 1. The predicted octanol–water partition coefficient (Wildman–Crippen LogP) is 4.69. The van der Waals surface area contributed by atoms with E-state index in [0.717, 1.165) is 16.8 Å². The first kappa shape index (κ1) is 16.1. The van der Waals surface area contributed by atoms with E-state index in [4.69, 9.17) is 11.6 Å². The molecule has 5 nitrogen and oxygen atoms in total. The molecule has 1 heterocycles. The zero-order valence-electron chi connectivity index (χ0n) is 13.4. The fourth-order valence-electron chi connectivity index (χ4n) is 2.34.